The maximum atomic E-state index is 11.7. The van der Waals surface area contributed by atoms with Gasteiger partial charge in [-0.05, 0) is 31.4 Å². The molecule has 0 spiro atoms. The molecule has 1 fully saturated rings. The van der Waals surface area contributed by atoms with E-state index >= 15 is 0 Å². The molecular formula is C18H30O4. The van der Waals surface area contributed by atoms with Gasteiger partial charge < -0.3 is 9.84 Å². The number of carboxylic acid groups (broad SMARTS) is 1. The van der Waals surface area contributed by atoms with Crippen molar-refractivity contribution in [1.29, 1.82) is 0 Å². The Morgan fingerprint density at radius 1 is 1.00 bits per heavy atom. The van der Waals surface area contributed by atoms with Crippen molar-refractivity contribution in [3.8, 4) is 0 Å². The average molecular weight is 310 g/mol. The highest BCUT2D eigenvalue weighted by Gasteiger charge is 2.35. The van der Waals surface area contributed by atoms with Crippen molar-refractivity contribution in [3.05, 3.63) is 12.2 Å². The Hall–Kier alpha value is -1.16. The van der Waals surface area contributed by atoms with Gasteiger partial charge in [-0.3, -0.25) is 9.59 Å². The van der Waals surface area contributed by atoms with Crippen LogP contribution in [0.25, 0.3) is 0 Å². The number of hydrogen-bond donors (Lipinski definition) is 1. The number of allylic oxidation sites excluding steroid dienone is 1. The summed E-state index contributed by atoms with van der Waals surface area (Å²) in [6.45, 7) is 2.19. The van der Waals surface area contributed by atoms with E-state index in [1.807, 2.05) is 6.08 Å². The van der Waals surface area contributed by atoms with Gasteiger partial charge in [0.25, 0.3) is 0 Å². The molecule has 2 unspecified atom stereocenters. The van der Waals surface area contributed by atoms with Crippen LogP contribution in [0.1, 0.15) is 77.6 Å². The Kier molecular flexibility index (Phi) is 9.80. The lowest BCUT2D eigenvalue weighted by Crippen LogP contribution is -1.96. The van der Waals surface area contributed by atoms with Crippen LogP contribution in [0.5, 0.6) is 0 Å². The number of unbranched alkanes of at least 4 members (excludes halogenated alkanes) is 6. The summed E-state index contributed by atoms with van der Waals surface area (Å²) in [5.41, 5.74) is 0. The fraction of sp³-hybridized carbons (Fsp3) is 0.778. The first-order valence-electron chi connectivity index (χ1n) is 8.71. The third kappa shape index (κ3) is 9.72. The number of hydrogen-bond acceptors (Lipinski definition) is 3. The van der Waals surface area contributed by atoms with E-state index in [1.165, 1.54) is 19.3 Å². The zero-order chi connectivity index (χ0) is 16.2. The predicted molar refractivity (Wildman–Crippen MR) is 86.9 cm³/mol. The van der Waals surface area contributed by atoms with E-state index in [0.29, 0.717) is 12.5 Å². The largest absolute Gasteiger partial charge is 0.481 e. The van der Waals surface area contributed by atoms with Gasteiger partial charge in [0.05, 0.1) is 6.10 Å². The third-order valence-electron chi connectivity index (χ3n) is 4.00. The van der Waals surface area contributed by atoms with E-state index in [4.69, 9.17) is 9.84 Å². The number of rotatable bonds is 14. The van der Waals surface area contributed by atoms with E-state index in [0.717, 1.165) is 38.5 Å². The molecule has 0 aromatic carbocycles. The molecule has 22 heavy (non-hydrogen) atoms. The lowest BCUT2D eigenvalue weighted by Gasteiger charge is -1.98. The average Bonchev–Trinajstić information content (AvgIpc) is 3.22. The molecule has 4 heteroatoms. The van der Waals surface area contributed by atoms with Crippen LogP contribution in [-0.2, 0) is 14.3 Å². The summed E-state index contributed by atoms with van der Waals surface area (Å²) in [5.74, 6) is -0.552. The molecule has 0 bridgehead atoms. The summed E-state index contributed by atoms with van der Waals surface area (Å²) < 4.78 is 5.52. The molecule has 4 nitrogen and oxygen atoms in total. The number of ether oxygens (including phenoxy) is 1. The van der Waals surface area contributed by atoms with Gasteiger partial charge in [0, 0.05) is 12.8 Å². The SMILES string of the molecule is CCCCCC1OC1C=CC(=O)CCCCCCCC(=O)O. The van der Waals surface area contributed by atoms with Crippen molar-refractivity contribution in [1.82, 2.24) is 0 Å². The van der Waals surface area contributed by atoms with Crippen molar-refractivity contribution in [2.45, 2.75) is 89.8 Å². The van der Waals surface area contributed by atoms with Crippen LogP contribution in [0.4, 0.5) is 0 Å². The summed E-state index contributed by atoms with van der Waals surface area (Å²) in [5, 5.41) is 8.51. The minimum absolute atomic E-state index is 0.164. The highest BCUT2D eigenvalue weighted by Crippen LogP contribution is 2.28. The highest BCUT2D eigenvalue weighted by atomic mass is 16.6. The van der Waals surface area contributed by atoms with Gasteiger partial charge in [-0.1, -0.05) is 45.4 Å². The normalized spacial score (nSPS) is 20.4. The third-order valence-corrected chi connectivity index (χ3v) is 4.00. The van der Waals surface area contributed by atoms with E-state index in [9.17, 15) is 9.59 Å². The van der Waals surface area contributed by atoms with E-state index in [2.05, 4.69) is 6.92 Å². The number of epoxide rings is 1. The summed E-state index contributed by atoms with van der Waals surface area (Å²) in [6.07, 6.45) is 14.3. The number of carbonyl (C=O) groups excluding carboxylic acids is 1. The van der Waals surface area contributed by atoms with Gasteiger partial charge in [-0.2, -0.15) is 0 Å². The van der Waals surface area contributed by atoms with Gasteiger partial charge in [0.15, 0.2) is 5.78 Å². The maximum Gasteiger partial charge on any atom is 0.303 e. The topological polar surface area (TPSA) is 66.9 Å². The van der Waals surface area contributed by atoms with Crippen LogP contribution in [-0.4, -0.2) is 29.1 Å². The summed E-state index contributed by atoms with van der Waals surface area (Å²) >= 11 is 0. The molecule has 1 heterocycles. The van der Waals surface area contributed by atoms with E-state index < -0.39 is 5.97 Å². The molecule has 1 rings (SSSR count). The first-order valence-corrected chi connectivity index (χ1v) is 8.71. The molecule has 0 radical (unpaired) electrons. The molecule has 0 aromatic rings. The Balaban J connectivity index is 1.93. The van der Waals surface area contributed by atoms with Gasteiger partial charge in [0.1, 0.15) is 6.10 Å². The van der Waals surface area contributed by atoms with Crippen molar-refractivity contribution in [2.75, 3.05) is 0 Å². The standard InChI is InChI=1S/C18H30O4/c1-2-3-7-11-16-17(22-16)14-13-15(19)10-8-5-4-6-9-12-18(20)21/h13-14,16-17H,2-12H2,1H3,(H,20,21). The van der Waals surface area contributed by atoms with E-state index in [1.54, 1.807) is 6.08 Å². The second-order valence-corrected chi connectivity index (χ2v) is 6.12. The monoisotopic (exact) mass is 310 g/mol. The number of carbonyl (C=O) groups is 2. The Bertz CT molecular complexity index is 362. The molecular weight excluding hydrogens is 280 g/mol. The van der Waals surface area contributed by atoms with Crippen molar-refractivity contribution in [3.63, 3.8) is 0 Å². The first-order chi connectivity index (χ1) is 10.6. The minimum atomic E-state index is -0.726. The predicted octanol–water partition coefficient (Wildman–Crippen LogP) is 4.27. The number of ketones is 1. The molecule has 1 aliphatic heterocycles. The molecule has 126 valence electrons. The number of aliphatic carboxylic acids is 1. The molecule has 0 saturated carbocycles. The van der Waals surface area contributed by atoms with Crippen LogP contribution < -0.4 is 0 Å². The van der Waals surface area contributed by atoms with Crippen LogP contribution in [0.2, 0.25) is 0 Å². The van der Waals surface area contributed by atoms with Crippen molar-refractivity contribution < 1.29 is 19.4 Å². The van der Waals surface area contributed by atoms with Gasteiger partial charge >= 0.3 is 5.97 Å². The molecule has 0 aliphatic carbocycles. The van der Waals surface area contributed by atoms with E-state index in [-0.39, 0.29) is 18.3 Å². The number of carboxylic acids is 1. The van der Waals surface area contributed by atoms with Gasteiger partial charge in [0.2, 0.25) is 0 Å². The van der Waals surface area contributed by atoms with Crippen molar-refractivity contribution in [2.24, 2.45) is 0 Å². The fourth-order valence-electron chi connectivity index (χ4n) is 2.54. The first kappa shape index (κ1) is 18.9. The second-order valence-electron chi connectivity index (χ2n) is 6.12. The summed E-state index contributed by atoms with van der Waals surface area (Å²) in [7, 11) is 0. The molecule has 0 aromatic heterocycles. The molecule has 1 N–H and O–H groups in total. The Morgan fingerprint density at radius 2 is 1.68 bits per heavy atom. The minimum Gasteiger partial charge on any atom is -0.481 e. The Morgan fingerprint density at radius 3 is 2.36 bits per heavy atom. The van der Waals surface area contributed by atoms with Crippen molar-refractivity contribution >= 4 is 11.8 Å². The lowest BCUT2D eigenvalue weighted by molar-refractivity contribution is -0.137. The molecule has 0 amide bonds. The van der Waals surface area contributed by atoms with Crippen LogP contribution >= 0.6 is 0 Å². The second kappa shape index (κ2) is 11.4. The summed E-state index contributed by atoms with van der Waals surface area (Å²) in [4.78, 5) is 22.0. The molecule has 1 aliphatic rings. The zero-order valence-corrected chi connectivity index (χ0v) is 13.8. The molecule has 2 atom stereocenters. The zero-order valence-electron chi connectivity index (χ0n) is 13.8. The maximum absolute atomic E-state index is 11.7. The Labute approximate surface area is 133 Å². The van der Waals surface area contributed by atoms with Crippen LogP contribution in [0.3, 0.4) is 0 Å². The van der Waals surface area contributed by atoms with Crippen LogP contribution in [0.15, 0.2) is 12.2 Å². The smallest absolute Gasteiger partial charge is 0.303 e. The molecule has 1 saturated heterocycles. The van der Waals surface area contributed by atoms with Gasteiger partial charge in [-0.25, -0.2) is 0 Å². The van der Waals surface area contributed by atoms with Gasteiger partial charge in [-0.15, -0.1) is 0 Å². The summed E-state index contributed by atoms with van der Waals surface area (Å²) in [6, 6.07) is 0. The van der Waals surface area contributed by atoms with Crippen LogP contribution in [0, 0.1) is 0 Å². The lowest BCUT2D eigenvalue weighted by atomic mass is 10.1. The quantitative estimate of drug-likeness (QED) is 0.295. The highest BCUT2D eigenvalue weighted by molar-refractivity contribution is 5.89. The fourth-order valence-corrected chi connectivity index (χ4v) is 2.54.